The van der Waals surface area contributed by atoms with Crippen molar-refractivity contribution in [1.29, 1.82) is 0 Å². The highest BCUT2D eigenvalue weighted by molar-refractivity contribution is 6.58. The summed E-state index contributed by atoms with van der Waals surface area (Å²) in [5.41, 5.74) is 2.18. The molecule has 1 aromatic heterocycles. The molecule has 0 aliphatic carbocycles. The summed E-state index contributed by atoms with van der Waals surface area (Å²) in [5, 5.41) is 19.1. The molecule has 0 fully saturated rings. The molecule has 0 aliphatic rings. The molecule has 3 aromatic rings. The topological polar surface area (TPSA) is 71.8 Å². The maximum Gasteiger partial charge on any atom is 0.488 e. The minimum atomic E-state index is -1.45. The second kappa shape index (κ2) is 6.68. The van der Waals surface area contributed by atoms with E-state index >= 15 is 0 Å². The van der Waals surface area contributed by atoms with Crippen LogP contribution < -0.4 is 14.9 Å². The van der Waals surface area contributed by atoms with E-state index in [-0.39, 0.29) is 0 Å². The van der Waals surface area contributed by atoms with Crippen LogP contribution in [0.4, 0.5) is 0 Å². The van der Waals surface area contributed by atoms with Crippen molar-refractivity contribution in [3.8, 4) is 11.5 Å². The number of ether oxygens (including phenoxy) is 2. The normalized spacial score (nSPS) is 10.6. The predicted molar refractivity (Wildman–Crippen MR) is 88.9 cm³/mol. The van der Waals surface area contributed by atoms with Crippen molar-refractivity contribution in [2.75, 3.05) is 7.11 Å². The zero-order chi connectivity index (χ0) is 16.2. The molecule has 0 atom stereocenters. The van der Waals surface area contributed by atoms with Crippen LogP contribution in [0.2, 0.25) is 0 Å². The molecule has 1 heterocycles. The second-order valence-corrected chi connectivity index (χ2v) is 5.11. The maximum absolute atomic E-state index is 9.07. The van der Waals surface area contributed by atoms with Crippen LogP contribution in [0, 0.1) is 0 Å². The Morgan fingerprint density at radius 2 is 1.87 bits per heavy atom. The van der Waals surface area contributed by atoms with E-state index in [0.717, 1.165) is 22.2 Å². The van der Waals surface area contributed by atoms with E-state index in [9.17, 15) is 0 Å². The number of para-hydroxylation sites is 1. The summed E-state index contributed by atoms with van der Waals surface area (Å²) in [5.74, 6) is 1.39. The number of benzene rings is 2. The summed E-state index contributed by atoms with van der Waals surface area (Å²) < 4.78 is 11.0. The lowest BCUT2D eigenvalue weighted by Gasteiger charge is -2.09. The van der Waals surface area contributed by atoms with E-state index in [4.69, 9.17) is 19.5 Å². The molecule has 6 heteroatoms. The molecule has 0 unspecified atom stereocenters. The van der Waals surface area contributed by atoms with Crippen LogP contribution in [0.3, 0.4) is 0 Å². The summed E-state index contributed by atoms with van der Waals surface area (Å²) >= 11 is 0. The van der Waals surface area contributed by atoms with Gasteiger partial charge in [-0.1, -0.05) is 36.4 Å². The first-order valence-electron chi connectivity index (χ1n) is 7.18. The third-order valence-corrected chi connectivity index (χ3v) is 3.55. The Morgan fingerprint density at radius 3 is 2.57 bits per heavy atom. The summed E-state index contributed by atoms with van der Waals surface area (Å²) in [4.78, 5) is 4.39. The number of pyridine rings is 1. The standard InChI is InChI=1S/C17H16BNO4/c1-22-16-4-2-3-13-9-15(10-19-17(13)16)23-11-12-5-7-14(8-6-12)18(20)21/h2-10,20-21H,11H2,1H3. The van der Waals surface area contributed by atoms with Crippen molar-refractivity contribution in [3.05, 3.63) is 60.3 Å². The smallest absolute Gasteiger partial charge is 0.488 e. The number of hydrogen-bond donors (Lipinski definition) is 2. The molecule has 0 spiro atoms. The number of methoxy groups -OCH3 is 1. The molecular formula is C17H16BNO4. The van der Waals surface area contributed by atoms with E-state index in [1.54, 1.807) is 37.6 Å². The summed E-state index contributed by atoms with van der Waals surface area (Å²) in [6.07, 6.45) is 1.66. The van der Waals surface area contributed by atoms with E-state index in [1.165, 1.54) is 0 Å². The molecule has 0 aliphatic heterocycles. The molecule has 2 aromatic carbocycles. The first-order valence-corrected chi connectivity index (χ1v) is 7.18. The lowest BCUT2D eigenvalue weighted by molar-refractivity contribution is 0.305. The zero-order valence-corrected chi connectivity index (χ0v) is 12.6. The van der Waals surface area contributed by atoms with Crippen LogP contribution in [0.25, 0.3) is 10.9 Å². The SMILES string of the molecule is COc1cccc2cc(OCc3ccc(B(O)O)cc3)cnc12. The molecule has 3 rings (SSSR count). The minimum Gasteiger partial charge on any atom is -0.494 e. The third-order valence-electron chi connectivity index (χ3n) is 3.55. The van der Waals surface area contributed by atoms with Crippen LogP contribution in [0.15, 0.2) is 54.7 Å². The van der Waals surface area contributed by atoms with Gasteiger partial charge in [0.05, 0.1) is 13.3 Å². The van der Waals surface area contributed by atoms with Gasteiger partial charge in [-0.15, -0.1) is 0 Å². The molecule has 0 radical (unpaired) electrons. The summed E-state index contributed by atoms with van der Waals surface area (Å²) in [6, 6.07) is 14.6. The molecule has 5 nitrogen and oxygen atoms in total. The van der Waals surface area contributed by atoms with Gasteiger partial charge in [0, 0.05) is 5.39 Å². The Balaban J connectivity index is 1.74. The number of nitrogens with zero attached hydrogens (tertiary/aromatic N) is 1. The van der Waals surface area contributed by atoms with Crippen molar-refractivity contribution < 1.29 is 19.5 Å². The molecule has 0 saturated carbocycles. The molecule has 0 bridgehead atoms. The highest BCUT2D eigenvalue weighted by Gasteiger charge is 2.10. The lowest BCUT2D eigenvalue weighted by Crippen LogP contribution is -2.29. The molecular weight excluding hydrogens is 293 g/mol. The number of aromatic nitrogens is 1. The molecule has 116 valence electrons. The van der Waals surface area contributed by atoms with Gasteiger partial charge in [-0.3, -0.25) is 0 Å². The van der Waals surface area contributed by atoms with Crippen LogP contribution in [-0.4, -0.2) is 29.3 Å². The second-order valence-electron chi connectivity index (χ2n) is 5.11. The molecule has 23 heavy (non-hydrogen) atoms. The average Bonchev–Trinajstić information content (AvgIpc) is 2.59. The summed E-state index contributed by atoms with van der Waals surface area (Å²) in [7, 11) is 0.165. The summed E-state index contributed by atoms with van der Waals surface area (Å²) in [6.45, 7) is 0.374. The van der Waals surface area contributed by atoms with Gasteiger partial charge in [0.1, 0.15) is 23.6 Å². The van der Waals surface area contributed by atoms with Crippen molar-refractivity contribution in [1.82, 2.24) is 4.98 Å². The van der Waals surface area contributed by atoms with Gasteiger partial charge in [0.2, 0.25) is 0 Å². The highest BCUT2D eigenvalue weighted by Crippen LogP contribution is 2.26. The van der Waals surface area contributed by atoms with Gasteiger partial charge in [0.25, 0.3) is 0 Å². The Kier molecular flexibility index (Phi) is 4.46. The maximum atomic E-state index is 9.07. The molecule has 0 saturated heterocycles. The van der Waals surface area contributed by atoms with Gasteiger partial charge >= 0.3 is 7.12 Å². The van der Waals surface area contributed by atoms with Gasteiger partial charge in [-0.05, 0) is 23.2 Å². The van der Waals surface area contributed by atoms with Crippen LogP contribution in [0.1, 0.15) is 5.56 Å². The van der Waals surface area contributed by atoms with E-state index in [0.29, 0.717) is 17.8 Å². The third kappa shape index (κ3) is 3.44. The van der Waals surface area contributed by atoms with Crippen molar-refractivity contribution in [2.24, 2.45) is 0 Å². The fraction of sp³-hybridized carbons (Fsp3) is 0.118. The van der Waals surface area contributed by atoms with Gasteiger partial charge < -0.3 is 19.5 Å². The first-order chi connectivity index (χ1) is 11.2. The van der Waals surface area contributed by atoms with Gasteiger partial charge in [0.15, 0.2) is 0 Å². The van der Waals surface area contributed by atoms with Gasteiger partial charge in [-0.2, -0.15) is 0 Å². The quantitative estimate of drug-likeness (QED) is 0.699. The fourth-order valence-corrected chi connectivity index (χ4v) is 2.31. The van der Waals surface area contributed by atoms with Crippen molar-refractivity contribution >= 4 is 23.5 Å². The first kappa shape index (κ1) is 15.3. The van der Waals surface area contributed by atoms with E-state index in [2.05, 4.69) is 4.98 Å². The van der Waals surface area contributed by atoms with Crippen LogP contribution in [0.5, 0.6) is 11.5 Å². The Hall–Kier alpha value is -2.57. The largest absolute Gasteiger partial charge is 0.494 e. The number of hydrogen-bond acceptors (Lipinski definition) is 5. The average molecular weight is 309 g/mol. The lowest BCUT2D eigenvalue weighted by atomic mass is 9.80. The number of rotatable bonds is 5. The fourth-order valence-electron chi connectivity index (χ4n) is 2.31. The zero-order valence-electron chi connectivity index (χ0n) is 12.6. The Bertz CT molecular complexity index is 805. The van der Waals surface area contributed by atoms with Gasteiger partial charge in [-0.25, -0.2) is 4.98 Å². The highest BCUT2D eigenvalue weighted by atomic mass is 16.5. The van der Waals surface area contributed by atoms with E-state index in [1.807, 2.05) is 24.3 Å². The Labute approximate surface area is 134 Å². The predicted octanol–water partition coefficient (Wildman–Crippen LogP) is 1.50. The minimum absolute atomic E-state index is 0.374. The van der Waals surface area contributed by atoms with Crippen molar-refractivity contribution in [2.45, 2.75) is 6.61 Å². The van der Waals surface area contributed by atoms with E-state index < -0.39 is 7.12 Å². The van der Waals surface area contributed by atoms with Crippen LogP contribution >= 0.6 is 0 Å². The number of fused-ring (bicyclic) bond motifs is 1. The monoisotopic (exact) mass is 309 g/mol. The Morgan fingerprint density at radius 1 is 1.09 bits per heavy atom. The van der Waals surface area contributed by atoms with Crippen LogP contribution in [-0.2, 0) is 6.61 Å². The molecule has 0 amide bonds. The van der Waals surface area contributed by atoms with Crippen molar-refractivity contribution in [3.63, 3.8) is 0 Å². The molecule has 2 N–H and O–H groups in total.